The van der Waals surface area contributed by atoms with Crippen LogP contribution in [-0.2, 0) is 0 Å². The van der Waals surface area contributed by atoms with Crippen LogP contribution in [0.25, 0.3) is 0 Å². The molecule has 0 fully saturated rings. The maximum atomic E-state index is 13.5. The molecule has 0 aliphatic rings. The minimum absolute atomic E-state index is 0.110. The summed E-state index contributed by atoms with van der Waals surface area (Å²) in [7, 11) is 0. The van der Waals surface area contributed by atoms with Crippen LogP contribution in [0.1, 0.15) is 29.0 Å². The molecular weight excluding hydrogens is 318 g/mol. The fourth-order valence-electron chi connectivity index (χ4n) is 1.70. The molecule has 0 bridgehead atoms. The first-order valence-corrected chi connectivity index (χ1v) is 6.36. The van der Waals surface area contributed by atoms with Crippen LogP contribution >= 0.6 is 15.9 Å². The lowest BCUT2D eigenvalue weighted by Gasteiger charge is -2.14. The van der Waals surface area contributed by atoms with Crippen LogP contribution in [0, 0.1) is 11.6 Å². The zero-order chi connectivity index (χ0) is 14.0. The molecule has 0 radical (unpaired) electrons. The van der Waals surface area contributed by atoms with Crippen molar-refractivity contribution in [2.45, 2.75) is 13.0 Å². The van der Waals surface area contributed by atoms with E-state index in [0.717, 1.165) is 22.7 Å². The van der Waals surface area contributed by atoms with Gasteiger partial charge in [0, 0.05) is 16.2 Å². The number of H-pyrrole nitrogens is 1. The molecule has 2 rings (SSSR count). The number of carbonyl (C=O) groups is 1. The molecule has 1 atom stereocenters. The van der Waals surface area contributed by atoms with E-state index in [2.05, 4.69) is 26.2 Å². The van der Waals surface area contributed by atoms with Gasteiger partial charge in [0.25, 0.3) is 5.91 Å². The van der Waals surface area contributed by atoms with Gasteiger partial charge in [-0.25, -0.2) is 8.78 Å². The third kappa shape index (κ3) is 3.20. The Morgan fingerprint density at radius 2 is 2.11 bits per heavy atom. The quantitative estimate of drug-likeness (QED) is 0.889. The molecule has 19 heavy (non-hydrogen) atoms. The summed E-state index contributed by atoms with van der Waals surface area (Å²) in [5, 5.41) is 2.60. The van der Waals surface area contributed by atoms with Gasteiger partial charge in [0.2, 0.25) is 0 Å². The van der Waals surface area contributed by atoms with E-state index < -0.39 is 17.7 Å². The van der Waals surface area contributed by atoms with Crippen LogP contribution in [0.4, 0.5) is 8.78 Å². The highest BCUT2D eigenvalue weighted by Crippen LogP contribution is 2.19. The topological polar surface area (TPSA) is 44.9 Å². The average Bonchev–Trinajstić information content (AvgIpc) is 2.79. The summed E-state index contributed by atoms with van der Waals surface area (Å²) < 4.78 is 27.4. The molecule has 0 saturated carbocycles. The highest BCUT2D eigenvalue weighted by molar-refractivity contribution is 9.10. The molecule has 2 aromatic rings. The molecule has 1 unspecified atom stereocenters. The Kier molecular flexibility index (Phi) is 3.99. The van der Waals surface area contributed by atoms with Crippen molar-refractivity contribution in [3.8, 4) is 0 Å². The first-order valence-electron chi connectivity index (χ1n) is 5.57. The monoisotopic (exact) mass is 328 g/mol. The molecule has 1 heterocycles. The van der Waals surface area contributed by atoms with Gasteiger partial charge in [0.15, 0.2) is 0 Å². The van der Waals surface area contributed by atoms with Crippen LogP contribution < -0.4 is 5.32 Å². The van der Waals surface area contributed by atoms with Crippen molar-refractivity contribution in [3.63, 3.8) is 0 Å². The Hall–Kier alpha value is -1.69. The molecule has 100 valence electrons. The number of carbonyl (C=O) groups excluding carboxylic acids is 1. The van der Waals surface area contributed by atoms with Crippen LogP contribution in [0.3, 0.4) is 0 Å². The Labute approximate surface area is 117 Å². The van der Waals surface area contributed by atoms with Crippen molar-refractivity contribution in [3.05, 3.63) is 57.8 Å². The van der Waals surface area contributed by atoms with Crippen LogP contribution in [0.5, 0.6) is 0 Å². The predicted molar refractivity (Wildman–Crippen MR) is 70.7 cm³/mol. The predicted octanol–water partition coefficient (Wildman–Crippen LogP) is 3.55. The molecule has 6 heteroatoms. The average molecular weight is 329 g/mol. The number of aromatic nitrogens is 1. The van der Waals surface area contributed by atoms with E-state index in [-0.39, 0.29) is 11.5 Å². The highest BCUT2D eigenvalue weighted by atomic mass is 79.9. The fourth-order valence-corrected chi connectivity index (χ4v) is 2.04. The van der Waals surface area contributed by atoms with Crippen molar-refractivity contribution >= 4 is 21.8 Å². The number of hydrogen-bond donors (Lipinski definition) is 2. The first kappa shape index (κ1) is 13.7. The summed E-state index contributed by atoms with van der Waals surface area (Å²) in [6.45, 7) is 1.59. The lowest BCUT2D eigenvalue weighted by atomic mass is 10.1. The number of halogens is 3. The summed E-state index contributed by atoms with van der Waals surface area (Å²) in [6.07, 6.45) is 1.61. The van der Waals surface area contributed by atoms with Gasteiger partial charge >= 0.3 is 0 Å². The smallest absolute Gasteiger partial charge is 0.268 e. The van der Waals surface area contributed by atoms with Gasteiger partial charge in [0.1, 0.15) is 17.3 Å². The van der Waals surface area contributed by atoms with Gasteiger partial charge in [0.05, 0.1) is 6.04 Å². The first-order chi connectivity index (χ1) is 8.97. The second-order valence-electron chi connectivity index (χ2n) is 4.09. The van der Waals surface area contributed by atoms with Crippen molar-refractivity contribution in [2.75, 3.05) is 0 Å². The Morgan fingerprint density at radius 3 is 2.74 bits per heavy atom. The Bertz CT molecular complexity index is 612. The van der Waals surface area contributed by atoms with Crippen molar-refractivity contribution in [2.24, 2.45) is 0 Å². The molecule has 2 N–H and O–H groups in total. The molecule has 0 saturated heterocycles. The van der Waals surface area contributed by atoms with Crippen molar-refractivity contribution < 1.29 is 13.6 Å². The van der Waals surface area contributed by atoms with E-state index in [4.69, 9.17) is 0 Å². The number of rotatable bonds is 3. The van der Waals surface area contributed by atoms with Gasteiger partial charge in [-0.3, -0.25) is 4.79 Å². The largest absolute Gasteiger partial charge is 0.356 e. The van der Waals surface area contributed by atoms with E-state index >= 15 is 0 Å². The van der Waals surface area contributed by atoms with E-state index in [1.165, 1.54) is 0 Å². The maximum absolute atomic E-state index is 13.5. The number of hydrogen-bond acceptors (Lipinski definition) is 1. The molecular formula is C13H11BrF2N2O. The third-order valence-electron chi connectivity index (χ3n) is 2.66. The van der Waals surface area contributed by atoms with E-state index in [1.807, 2.05) is 0 Å². The van der Waals surface area contributed by atoms with E-state index in [0.29, 0.717) is 5.69 Å². The highest BCUT2D eigenvalue weighted by Gasteiger charge is 2.16. The maximum Gasteiger partial charge on any atom is 0.268 e. The second-order valence-corrected chi connectivity index (χ2v) is 5.01. The lowest BCUT2D eigenvalue weighted by Crippen LogP contribution is -2.27. The van der Waals surface area contributed by atoms with Crippen LogP contribution in [0.15, 0.2) is 34.9 Å². The number of benzene rings is 1. The summed E-state index contributed by atoms with van der Waals surface area (Å²) in [5.41, 5.74) is 0.453. The molecule has 1 amide bonds. The van der Waals surface area contributed by atoms with Gasteiger partial charge in [-0.05, 0) is 47.1 Å². The standard InChI is InChI=1S/C13H11BrF2N2O/c1-7(10-5-9(15)2-3-11(10)16)18-13(19)12-4-8(14)6-17-12/h2-7,17H,1H3,(H,18,19). The summed E-state index contributed by atoms with van der Waals surface area (Å²) >= 11 is 3.21. The fraction of sp³-hybridized carbons (Fsp3) is 0.154. The third-order valence-corrected chi connectivity index (χ3v) is 3.12. The van der Waals surface area contributed by atoms with Crippen molar-refractivity contribution in [1.82, 2.24) is 10.3 Å². The molecule has 0 aliphatic carbocycles. The molecule has 1 aromatic carbocycles. The molecule has 0 spiro atoms. The van der Waals surface area contributed by atoms with Gasteiger partial charge in [-0.2, -0.15) is 0 Å². The minimum Gasteiger partial charge on any atom is -0.356 e. The van der Waals surface area contributed by atoms with E-state index in [9.17, 15) is 13.6 Å². The SMILES string of the molecule is CC(NC(=O)c1cc(Br)c[nH]1)c1cc(F)ccc1F. The van der Waals surface area contributed by atoms with E-state index in [1.54, 1.807) is 19.2 Å². The van der Waals surface area contributed by atoms with Gasteiger partial charge in [-0.15, -0.1) is 0 Å². The number of aromatic amines is 1. The minimum atomic E-state index is -0.634. The molecule has 1 aromatic heterocycles. The zero-order valence-corrected chi connectivity index (χ0v) is 11.6. The number of amides is 1. The Balaban J connectivity index is 2.14. The van der Waals surface area contributed by atoms with Crippen LogP contribution in [0.2, 0.25) is 0 Å². The second kappa shape index (κ2) is 5.52. The summed E-state index contributed by atoms with van der Waals surface area (Å²) in [5.74, 6) is -1.48. The van der Waals surface area contributed by atoms with Gasteiger partial charge in [-0.1, -0.05) is 0 Å². The normalized spacial score (nSPS) is 12.2. The van der Waals surface area contributed by atoms with Crippen molar-refractivity contribution in [1.29, 1.82) is 0 Å². The summed E-state index contributed by atoms with van der Waals surface area (Å²) in [6, 6.07) is 4.12. The molecule has 0 aliphatic heterocycles. The Morgan fingerprint density at radius 1 is 1.37 bits per heavy atom. The zero-order valence-electron chi connectivity index (χ0n) is 10.0. The van der Waals surface area contributed by atoms with Crippen LogP contribution in [-0.4, -0.2) is 10.9 Å². The molecule has 3 nitrogen and oxygen atoms in total. The summed E-state index contributed by atoms with van der Waals surface area (Å²) in [4.78, 5) is 14.6. The number of nitrogens with one attached hydrogen (secondary N) is 2. The lowest BCUT2D eigenvalue weighted by molar-refractivity contribution is 0.0935. The van der Waals surface area contributed by atoms with Gasteiger partial charge < -0.3 is 10.3 Å².